The quantitative estimate of drug-likeness (QED) is 0.841. The number of benzene rings is 1. The Labute approximate surface area is 132 Å². The van der Waals surface area contributed by atoms with Crippen LogP contribution in [0, 0.1) is 6.92 Å². The van der Waals surface area contributed by atoms with E-state index < -0.39 is 26.1 Å². The zero-order valence-electron chi connectivity index (χ0n) is 12.6. The summed E-state index contributed by atoms with van der Waals surface area (Å²) in [4.78, 5) is -0.513. The smallest absolute Gasteiger partial charge is 0.341 e. The second-order valence-electron chi connectivity index (χ2n) is 5.34. The van der Waals surface area contributed by atoms with E-state index in [2.05, 4.69) is 5.32 Å². The van der Waals surface area contributed by atoms with Gasteiger partial charge < -0.3 is 14.8 Å². The van der Waals surface area contributed by atoms with E-state index in [1.54, 1.807) is 19.1 Å². The minimum atomic E-state index is -4.74. The summed E-state index contributed by atoms with van der Waals surface area (Å²) in [6.07, 6.45) is 0. The number of aryl methyl sites for hydroxylation is 1. The molecule has 0 saturated heterocycles. The highest BCUT2D eigenvalue weighted by Crippen LogP contribution is 2.28. The summed E-state index contributed by atoms with van der Waals surface area (Å²) in [5, 5.41) is 13.1. The van der Waals surface area contributed by atoms with Gasteiger partial charge in [0.05, 0.1) is 17.1 Å². The van der Waals surface area contributed by atoms with E-state index in [0.717, 1.165) is 6.07 Å². The molecule has 0 radical (unpaired) electrons. The lowest BCUT2D eigenvalue weighted by atomic mass is 10.0. The van der Waals surface area contributed by atoms with Crippen LogP contribution in [0.1, 0.15) is 18.4 Å². The summed E-state index contributed by atoms with van der Waals surface area (Å²) in [6.45, 7) is 3.08. The topological polar surface area (TPSA) is 79.5 Å². The normalized spacial score (nSPS) is 14.7. The van der Waals surface area contributed by atoms with Crippen molar-refractivity contribution in [1.29, 1.82) is 0 Å². The predicted molar refractivity (Wildman–Crippen MR) is 81.1 cm³/mol. The molecule has 2 aromatic rings. The molecule has 0 bridgehead atoms. The fourth-order valence-electron chi connectivity index (χ4n) is 2.04. The van der Waals surface area contributed by atoms with Crippen LogP contribution < -0.4 is 5.32 Å². The molecule has 1 aromatic carbocycles. The lowest BCUT2D eigenvalue weighted by Crippen LogP contribution is -2.30. The fraction of sp³-hybridized carbons (Fsp3) is 0.333. The van der Waals surface area contributed by atoms with Crippen LogP contribution in [0.2, 0.25) is 0 Å². The number of alkyl halides is 2. The van der Waals surface area contributed by atoms with Crippen molar-refractivity contribution in [2.24, 2.45) is 0 Å². The number of aliphatic hydroxyl groups is 1. The molecule has 2 N–H and O–H groups in total. The van der Waals surface area contributed by atoms with E-state index in [1.165, 1.54) is 25.1 Å². The van der Waals surface area contributed by atoms with E-state index in [-0.39, 0.29) is 18.0 Å². The maximum absolute atomic E-state index is 12.7. The standard InChI is InChI=1S/C15H17F2NO4S/c1-10-7-8-13(22-10)15(2,19)9-18-11-5-3-4-6-12(11)23(20,21)14(16)17/h3-8,14,18-19H,9H2,1-2H3. The Balaban J connectivity index is 2.25. The third-order valence-electron chi connectivity index (χ3n) is 3.32. The van der Waals surface area contributed by atoms with Gasteiger partial charge in [-0.15, -0.1) is 0 Å². The van der Waals surface area contributed by atoms with E-state index in [1.807, 2.05) is 0 Å². The van der Waals surface area contributed by atoms with E-state index >= 15 is 0 Å². The Morgan fingerprint density at radius 1 is 1.26 bits per heavy atom. The number of anilines is 1. The Morgan fingerprint density at radius 2 is 1.91 bits per heavy atom. The molecule has 1 heterocycles. The highest BCUT2D eigenvalue weighted by molar-refractivity contribution is 7.91. The summed E-state index contributed by atoms with van der Waals surface area (Å²) in [5.74, 6) is -2.61. The van der Waals surface area contributed by atoms with Crippen LogP contribution in [0.15, 0.2) is 45.7 Å². The third kappa shape index (κ3) is 3.70. The number of hydrogen-bond acceptors (Lipinski definition) is 5. The number of para-hydroxylation sites is 1. The largest absolute Gasteiger partial charge is 0.463 e. The molecule has 0 amide bonds. The highest BCUT2D eigenvalue weighted by atomic mass is 32.2. The molecule has 0 aliphatic carbocycles. The summed E-state index contributed by atoms with van der Waals surface area (Å²) < 4.78 is 54.2. The van der Waals surface area contributed by atoms with Gasteiger partial charge in [-0.25, -0.2) is 8.42 Å². The van der Waals surface area contributed by atoms with Crippen LogP contribution in [0.4, 0.5) is 14.5 Å². The predicted octanol–water partition coefficient (Wildman–Crippen LogP) is 2.90. The van der Waals surface area contributed by atoms with Crippen LogP contribution in [0.25, 0.3) is 0 Å². The molecular formula is C15H17F2NO4S. The van der Waals surface area contributed by atoms with Gasteiger partial charge in [0.1, 0.15) is 17.1 Å². The Bertz CT molecular complexity index is 784. The van der Waals surface area contributed by atoms with Gasteiger partial charge in [0.25, 0.3) is 0 Å². The monoisotopic (exact) mass is 345 g/mol. The first-order chi connectivity index (χ1) is 10.6. The van der Waals surface area contributed by atoms with Gasteiger partial charge in [-0.2, -0.15) is 8.78 Å². The number of rotatable bonds is 6. The van der Waals surface area contributed by atoms with Crippen LogP contribution >= 0.6 is 0 Å². The van der Waals surface area contributed by atoms with E-state index in [4.69, 9.17) is 4.42 Å². The molecule has 0 aliphatic rings. The molecule has 1 unspecified atom stereocenters. The van der Waals surface area contributed by atoms with Gasteiger partial charge >= 0.3 is 5.76 Å². The van der Waals surface area contributed by atoms with Crippen molar-refractivity contribution >= 4 is 15.5 Å². The van der Waals surface area contributed by atoms with Crippen LogP contribution in [-0.2, 0) is 15.4 Å². The summed E-state index contributed by atoms with van der Waals surface area (Å²) >= 11 is 0. The molecule has 0 saturated carbocycles. The van der Waals surface area contributed by atoms with Gasteiger partial charge in [-0.3, -0.25) is 0 Å². The summed E-state index contributed by atoms with van der Waals surface area (Å²) in [5.41, 5.74) is -1.44. The second-order valence-corrected chi connectivity index (χ2v) is 7.23. The van der Waals surface area contributed by atoms with E-state index in [0.29, 0.717) is 5.76 Å². The molecule has 23 heavy (non-hydrogen) atoms. The minimum Gasteiger partial charge on any atom is -0.463 e. The first-order valence-corrected chi connectivity index (χ1v) is 8.33. The van der Waals surface area contributed by atoms with Gasteiger partial charge in [0.15, 0.2) is 0 Å². The zero-order valence-corrected chi connectivity index (χ0v) is 13.4. The lowest BCUT2D eigenvalue weighted by Gasteiger charge is -2.23. The van der Waals surface area contributed by atoms with Gasteiger partial charge in [0.2, 0.25) is 9.84 Å². The van der Waals surface area contributed by atoms with Crippen LogP contribution in [0.3, 0.4) is 0 Å². The maximum Gasteiger partial charge on any atom is 0.341 e. The number of sulfone groups is 1. The molecule has 0 fully saturated rings. The van der Waals surface area contributed by atoms with Crippen LogP contribution in [-0.4, -0.2) is 25.8 Å². The second kappa shape index (κ2) is 6.29. The molecule has 126 valence electrons. The highest BCUT2D eigenvalue weighted by Gasteiger charge is 2.31. The molecule has 2 rings (SSSR count). The maximum atomic E-state index is 12.7. The van der Waals surface area contributed by atoms with Crippen molar-refractivity contribution < 1.29 is 26.7 Å². The minimum absolute atomic E-state index is 0.00338. The Hall–Kier alpha value is -1.93. The number of furan rings is 1. The van der Waals surface area contributed by atoms with Crippen molar-refractivity contribution in [3.8, 4) is 0 Å². The van der Waals surface area contributed by atoms with E-state index in [9.17, 15) is 22.3 Å². The first-order valence-electron chi connectivity index (χ1n) is 6.79. The van der Waals surface area contributed by atoms with Crippen molar-refractivity contribution in [3.05, 3.63) is 47.9 Å². The molecule has 1 atom stereocenters. The third-order valence-corrected chi connectivity index (χ3v) is 4.76. The number of hydrogen-bond donors (Lipinski definition) is 2. The molecule has 1 aromatic heterocycles. The Morgan fingerprint density at radius 3 is 2.48 bits per heavy atom. The lowest BCUT2D eigenvalue weighted by molar-refractivity contribution is 0.0467. The fourth-order valence-corrected chi connectivity index (χ4v) is 2.94. The van der Waals surface area contributed by atoms with Crippen molar-refractivity contribution in [3.63, 3.8) is 0 Å². The molecular weight excluding hydrogens is 328 g/mol. The van der Waals surface area contributed by atoms with Gasteiger partial charge in [0, 0.05) is 0 Å². The number of nitrogens with one attached hydrogen (secondary N) is 1. The van der Waals surface area contributed by atoms with Crippen molar-refractivity contribution in [2.75, 3.05) is 11.9 Å². The molecule has 8 heteroatoms. The first kappa shape index (κ1) is 17.4. The van der Waals surface area contributed by atoms with Crippen molar-refractivity contribution in [2.45, 2.75) is 30.1 Å². The van der Waals surface area contributed by atoms with Crippen LogP contribution in [0.5, 0.6) is 0 Å². The summed E-state index contributed by atoms with van der Waals surface area (Å²) in [6, 6.07) is 8.60. The Kier molecular flexibility index (Phi) is 4.76. The average Bonchev–Trinajstić information content (AvgIpc) is 2.93. The molecule has 0 aliphatic heterocycles. The molecule has 5 nitrogen and oxygen atoms in total. The van der Waals surface area contributed by atoms with Gasteiger partial charge in [-0.1, -0.05) is 12.1 Å². The SMILES string of the molecule is Cc1ccc(C(C)(O)CNc2ccccc2S(=O)(=O)C(F)F)o1. The van der Waals surface area contributed by atoms with Crippen molar-refractivity contribution in [1.82, 2.24) is 0 Å². The summed E-state index contributed by atoms with van der Waals surface area (Å²) in [7, 11) is -4.74. The van der Waals surface area contributed by atoms with Gasteiger partial charge in [-0.05, 0) is 38.1 Å². The molecule has 0 spiro atoms. The zero-order chi connectivity index (χ0) is 17.3. The number of halogens is 2. The average molecular weight is 345 g/mol.